The molecule has 0 spiro atoms. The maximum absolute atomic E-state index is 6.41. The summed E-state index contributed by atoms with van der Waals surface area (Å²) in [5.41, 5.74) is 7.19. The summed E-state index contributed by atoms with van der Waals surface area (Å²) in [7, 11) is 1.74. The standard InChI is InChI=1S/C16H24BrClN2O/c1-11(12-3-4-12)20(7-8-21-2)16(10-19)14-9-13(17)5-6-15(14)18/h5-6,9,11-12,16H,3-4,7-8,10,19H2,1-2H3. The van der Waals surface area contributed by atoms with E-state index < -0.39 is 0 Å². The van der Waals surface area contributed by atoms with Gasteiger partial charge in [-0.15, -0.1) is 0 Å². The van der Waals surface area contributed by atoms with Crippen molar-refractivity contribution in [2.45, 2.75) is 31.8 Å². The zero-order valence-corrected chi connectivity index (χ0v) is 15.0. The normalized spacial score (nSPS) is 18.0. The summed E-state index contributed by atoms with van der Waals surface area (Å²) < 4.78 is 6.32. The Balaban J connectivity index is 2.26. The molecule has 0 bridgehead atoms. The zero-order chi connectivity index (χ0) is 15.4. The number of halogens is 2. The van der Waals surface area contributed by atoms with Crippen molar-refractivity contribution in [2.24, 2.45) is 11.7 Å². The molecule has 0 amide bonds. The van der Waals surface area contributed by atoms with Crippen LogP contribution in [0.25, 0.3) is 0 Å². The Morgan fingerprint density at radius 1 is 1.48 bits per heavy atom. The summed E-state index contributed by atoms with van der Waals surface area (Å²) >= 11 is 9.94. The van der Waals surface area contributed by atoms with Crippen LogP contribution in [0.2, 0.25) is 5.02 Å². The van der Waals surface area contributed by atoms with Crippen molar-refractivity contribution >= 4 is 27.5 Å². The first-order valence-corrected chi connectivity index (χ1v) is 8.65. The van der Waals surface area contributed by atoms with E-state index in [2.05, 4.69) is 33.8 Å². The minimum Gasteiger partial charge on any atom is -0.383 e. The lowest BCUT2D eigenvalue weighted by Crippen LogP contribution is -2.43. The van der Waals surface area contributed by atoms with Gasteiger partial charge in [0, 0.05) is 41.8 Å². The average Bonchev–Trinajstić information content (AvgIpc) is 3.30. The number of hydrogen-bond acceptors (Lipinski definition) is 3. The van der Waals surface area contributed by atoms with Gasteiger partial charge in [0.05, 0.1) is 6.61 Å². The smallest absolute Gasteiger partial charge is 0.0590 e. The van der Waals surface area contributed by atoms with Crippen molar-refractivity contribution in [3.8, 4) is 0 Å². The molecule has 1 saturated carbocycles. The molecular formula is C16H24BrClN2O. The molecule has 0 aliphatic heterocycles. The number of ether oxygens (including phenoxy) is 1. The predicted octanol–water partition coefficient (Wildman–Crippen LogP) is 3.85. The van der Waals surface area contributed by atoms with E-state index >= 15 is 0 Å². The maximum atomic E-state index is 6.41. The van der Waals surface area contributed by atoms with E-state index in [-0.39, 0.29) is 6.04 Å². The summed E-state index contributed by atoms with van der Waals surface area (Å²) in [4.78, 5) is 2.45. The third-order valence-corrected chi connectivity index (χ3v) is 5.16. The topological polar surface area (TPSA) is 38.5 Å². The zero-order valence-electron chi connectivity index (χ0n) is 12.7. The maximum Gasteiger partial charge on any atom is 0.0590 e. The number of hydrogen-bond donors (Lipinski definition) is 1. The summed E-state index contributed by atoms with van der Waals surface area (Å²) in [6.07, 6.45) is 2.63. The number of nitrogens with zero attached hydrogens (tertiary/aromatic N) is 1. The monoisotopic (exact) mass is 374 g/mol. The van der Waals surface area contributed by atoms with E-state index in [4.69, 9.17) is 22.1 Å². The van der Waals surface area contributed by atoms with Crippen LogP contribution in [-0.4, -0.2) is 37.7 Å². The molecule has 2 N–H and O–H groups in total. The number of nitrogens with two attached hydrogens (primary N) is 1. The predicted molar refractivity (Wildman–Crippen MR) is 91.7 cm³/mol. The van der Waals surface area contributed by atoms with E-state index in [1.165, 1.54) is 12.8 Å². The highest BCUT2D eigenvalue weighted by Crippen LogP contribution is 2.39. The first-order chi connectivity index (χ1) is 10.1. The third kappa shape index (κ3) is 4.42. The molecule has 1 aromatic carbocycles. The van der Waals surface area contributed by atoms with E-state index in [9.17, 15) is 0 Å². The first-order valence-electron chi connectivity index (χ1n) is 7.48. The Morgan fingerprint density at radius 2 is 2.19 bits per heavy atom. The Kier molecular flexibility index (Phi) is 6.51. The summed E-state index contributed by atoms with van der Waals surface area (Å²) in [5, 5.41) is 0.777. The van der Waals surface area contributed by atoms with Crippen LogP contribution in [0.5, 0.6) is 0 Å². The molecule has 2 unspecified atom stereocenters. The summed E-state index contributed by atoms with van der Waals surface area (Å²) in [5.74, 6) is 0.779. The fourth-order valence-electron chi connectivity index (χ4n) is 2.90. The van der Waals surface area contributed by atoms with E-state index in [1.54, 1.807) is 7.11 Å². The van der Waals surface area contributed by atoms with Crippen LogP contribution >= 0.6 is 27.5 Å². The molecule has 2 rings (SSSR count). The lowest BCUT2D eigenvalue weighted by atomic mass is 10.0. The van der Waals surface area contributed by atoms with Crippen molar-refractivity contribution < 1.29 is 4.74 Å². The van der Waals surface area contributed by atoms with E-state index in [0.717, 1.165) is 27.5 Å². The number of methoxy groups -OCH3 is 1. The highest BCUT2D eigenvalue weighted by Gasteiger charge is 2.35. The van der Waals surface area contributed by atoms with Gasteiger partial charge >= 0.3 is 0 Å². The molecule has 1 aliphatic rings. The van der Waals surface area contributed by atoms with Gasteiger partial charge in [0.1, 0.15) is 0 Å². The molecule has 3 nitrogen and oxygen atoms in total. The second kappa shape index (κ2) is 7.93. The minimum absolute atomic E-state index is 0.126. The van der Waals surface area contributed by atoms with Gasteiger partial charge in [0.25, 0.3) is 0 Å². The van der Waals surface area contributed by atoms with Crippen molar-refractivity contribution in [3.05, 3.63) is 33.3 Å². The molecule has 1 aromatic rings. The molecule has 1 fully saturated rings. The first kappa shape index (κ1) is 17.2. The van der Waals surface area contributed by atoms with Crippen LogP contribution in [0.15, 0.2) is 22.7 Å². The molecule has 0 radical (unpaired) electrons. The van der Waals surface area contributed by atoms with Crippen molar-refractivity contribution in [1.29, 1.82) is 0 Å². The highest BCUT2D eigenvalue weighted by molar-refractivity contribution is 9.10. The number of rotatable bonds is 8. The fourth-order valence-corrected chi connectivity index (χ4v) is 3.52. The largest absolute Gasteiger partial charge is 0.383 e. The molecule has 5 heteroatoms. The Labute approximate surface area is 140 Å². The van der Waals surface area contributed by atoms with Crippen molar-refractivity contribution in [3.63, 3.8) is 0 Å². The SMILES string of the molecule is COCCN(C(CN)c1cc(Br)ccc1Cl)C(C)C1CC1. The molecule has 0 saturated heterocycles. The van der Waals surface area contributed by atoms with Gasteiger partial charge < -0.3 is 10.5 Å². The Hall–Kier alpha value is -0.130. The molecule has 0 aromatic heterocycles. The van der Waals surface area contributed by atoms with Crippen LogP contribution in [0.1, 0.15) is 31.4 Å². The second-order valence-electron chi connectivity index (χ2n) is 5.73. The van der Waals surface area contributed by atoms with Crippen LogP contribution in [0.4, 0.5) is 0 Å². The van der Waals surface area contributed by atoms with Crippen LogP contribution in [0.3, 0.4) is 0 Å². The van der Waals surface area contributed by atoms with Gasteiger partial charge in [-0.1, -0.05) is 27.5 Å². The Bertz CT molecular complexity index is 468. The van der Waals surface area contributed by atoms with E-state index in [0.29, 0.717) is 19.2 Å². The van der Waals surface area contributed by atoms with Crippen LogP contribution < -0.4 is 5.73 Å². The minimum atomic E-state index is 0.126. The molecule has 118 valence electrons. The third-order valence-electron chi connectivity index (χ3n) is 4.32. The van der Waals surface area contributed by atoms with Crippen LogP contribution in [-0.2, 0) is 4.74 Å². The molecule has 21 heavy (non-hydrogen) atoms. The Morgan fingerprint density at radius 3 is 2.76 bits per heavy atom. The lowest BCUT2D eigenvalue weighted by Gasteiger charge is -2.36. The van der Waals surface area contributed by atoms with Crippen molar-refractivity contribution in [2.75, 3.05) is 26.8 Å². The summed E-state index contributed by atoms with van der Waals surface area (Å²) in [6, 6.07) is 6.60. The van der Waals surface area contributed by atoms with Crippen molar-refractivity contribution in [1.82, 2.24) is 4.90 Å². The summed E-state index contributed by atoms with van der Waals surface area (Å²) in [6.45, 7) is 4.43. The number of benzene rings is 1. The average molecular weight is 376 g/mol. The van der Waals surface area contributed by atoms with Gasteiger partial charge in [-0.25, -0.2) is 0 Å². The van der Waals surface area contributed by atoms with Gasteiger partial charge in [-0.3, -0.25) is 4.90 Å². The van der Waals surface area contributed by atoms with Gasteiger partial charge in [-0.2, -0.15) is 0 Å². The highest BCUT2D eigenvalue weighted by atomic mass is 79.9. The van der Waals surface area contributed by atoms with Crippen LogP contribution in [0, 0.1) is 5.92 Å². The molecule has 1 aliphatic carbocycles. The fraction of sp³-hybridized carbons (Fsp3) is 0.625. The quantitative estimate of drug-likeness (QED) is 0.750. The molecular weight excluding hydrogens is 352 g/mol. The lowest BCUT2D eigenvalue weighted by molar-refractivity contribution is 0.0835. The van der Waals surface area contributed by atoms with Gasteiger partial charge in [0.15, 0.2) is 0 Å². The second-order valence-corrected chi connectivity index (χ2v) is 7.05. The van der Waals surface area contributed by atoms with E-state index in [1.807, 2.05) is 12.1 Å². The molecule has 2 atom stereocenters. The molecule has 0 heterocycles. The van der Waals surface area contributed by atoms with Gasteiger partial charge in [0.2, 0.25) is 0 Å². The van der Waals surface area contributed by atoms with Gasteiger partial charge in [-0.05, 0) is 49.4 Å².